The van der Waals surface area contributed by atoms with Gasteiger partial charge in [-0.15, -0.1) is 0 Å². The molecule has 2 saturated carbocycles. The van der Waals surface area contributed by atoms with E-state index in [2.05, 4.69) is 10.2 Å². The lowest BCUT2D eigenvalue weighted by Crippen LogP contribution is -2.46. The number of amides is 3. The van der Waals surface area contributed by atoms with Crippen molar-refractivity contribution < 1.29 is 14.4 Å². The summed E-state index contributed by atoms with van der Waals surface area (Å²) < 4.78 is 0. The van der Waals surface area contributed by atoms with Crippen LogP contribution in [0.25, 0.3) is 0 Å². The molecule has 0 spiro atoms. The van der Waals surface area contributed by atoms with Gasteiger partial charge < -0.3 is 10.2 Å². The van der Waals surface area contributed by atoms with Crippen LogP contribution in [0.1, 0.15) is 77.0 Å². The van der Waals surface area contributed by atoms with E-state index in [9.17, 15) is 14.4 Å². The fourth-order valence-electron chi connectivity index (χ4n) is 5.96. The Kier molecular flexibility index (Phi) is 6.88. The molecule has 3 amide bonds. The third kappa shape index (κ3) is 5.01. The first-order valence-electron chi connectivity index (χ1n) is 12.0. The molecule has 0 aromatic rings. The van der Waals surface area contributed by atoms with Crippen molar-refractivity contribution in [1.82, 2.24) is 15.1 Å². The summed E-state index contributed by atoms with van der Waals surface area (Å²) in [6, 6.07) is 0.234. The molecule has 2 aliphatic carbocycles. The normalized spacial score (nSPS) is 29.9. The maximum absolute atomic E-state index is 12.5. The van der Waals surface area contributed by atoms with Crippen LogP contribution in [-0.4, -0.2) is 59.7 Å². The molecule has 0 aromatic carbocycles. The predicted molar refractivity (Wildman–Crippen MR) is 111 cm³/mol. The molecule has 4 fully saturated rings. The highest BCUT2D eigenvalue weighted by Gasteiger charge is 2.47. The van der Waals surface area contributed by atoms with Gasteiger partial charge in [0.1, 0.15) is 0 Å². The Hall–Kier alpha value is -1.43. The van der Waals surface area contributed by atoms with Crippen LogP contribution in [0.3, 0.4) is 0 Å². The van der Waals surface area contributed by atoms with Crippen LogP contribution in [0.5, 0.6) is 0 Å². The number of nitrogens with one attached hydrogen (secondary N) is 1. The van der Waals surface area contributed by atoms with E-state index >= 15 is 0 Å². The van der Waals surface area contributed by atoms with Gasteiger partial charge in [-0.3, -0.25) is 19.3 Å². The van der Waals surface area contributed by atoms with Crippen LogP contribution < -0.4 is 5.32 Å². The fraction of sp³-hybridized carbons (Fsp3) is 0.870. The summed E-state index contributed by atoms with van der Waals surface area (Å²) in [6.45, 7) is 3.60. The van der Waals surface area contributed by atoms with Gasteiger partial charge in [0.25, 0.3) is 0 Å². The highest BCUT2D eigenvalue weighted by molar-refractivity contribution is 6.05. The molecule has 4 aliphatic rings. The number of nitrogens with zero attached hydrogens (tertiary/aromatic N) is 2. The average Bonchev–Trinajstić information content (AvgIpc) is 2.99. The van der Waals surface area contributed by atoms with Crippen LogP contribution in [0.15, 0.2) is 0 Å². The minimum atomic E-state index is -0.118. The van der Waals surface area contributed by atoms with Crippen LogP contribution in [0.2, 0.25) is 0 Å². The Morgan fingerprint density at radius 1 is 0.828 bits per heavy atom. The van der Waals surface area contributed by atoms with Gasteiger partial charge in [-0.1, -0.05) is 32.1 Å². The number of hydrogen-bond acceptors (Lipinski definition) is 4. The summed E-state index contributed by atoms with van der Waals surface area (Å²) in [5, 5.41) is 3.14. The zero-order valence-corrected chi connectivity index (χ0v) is 17.7. The molecule has 29 heavy (non-hydrogen) atoms. The van der Waals surface area contributed by atoms with Gasteiger partial charge in [0.15, 0.2) is 0 Å². The molecule has 2 atom stereocenters. The Bertz CT molecular complexity index is 584. The van der Waals surface area contributed by atoms with E-state index < -0.39 is 0 Å². The first-order valence-corrected chi connectivity index (χ1v) is 12.0. The molecule has 0 bridgehead atoms. The highest BCUT2D eigenvalue weighted by atomic mass is 16.2. The minimum absolute atomic E-state index is 0.0220. The maximum Gasteiger partial charge on any atom is 0.233 e. The van der Waals surface area contributed by atoms with E-state index in [1.807, 2.05) is 0 Å². The van der Waals surface area contributed by atoms with Crippen molar-refractivity contribution in [3.05, 3.63) is 0 Å². The van der Waals surface area contributed by atoms with Gasteiger partial charge in [0.05, 0.1) is 11.8 Å². The molecule has 4 rings (SSSR count). The first-order chi connectivity index (χ1) is 14.1. The number of hydrogen-bond donors (Lipinski definition) is 1. The second kappa shape index (κ2) is 9.59. The molecule has 2 heterocycles. The van der Waals surface area contributed by atoms with Gasteiger partial charge in [0, 0.05) is 38.6 Å². The van der Waals surface area contributed by atoms with Crippen molar-refractivity contribution in [3.63, 3.8) is 0 Å². The summed E-state index contributed by atoms with van der Waals surface area (Å²) in [6.07, 6.45) is 12.9. The molecule has 6 nitrogen and oxygen atoms in total. The third-order valence-electron chi connectivity index (χ3n) is 7.69. The van der Waals surface area contributed by atoms with Crippen molar-refractivity contribution >= 4 is 17.7 Å². The topological polar surface area (TPSA) is 69.7 Å². The summed E-state index contributed by atoms with van der Waals surface area (Å²) in [5.74, 6) is 0.535. The number of likely N-dealkylation sites (tertiary alicyclic amines) is 2. The van der Waals surface area contributed by atoms with E-state index in [1.54, 1.807) is 0 Å². The van der Waals surface area contributed by atoms with Gasteiger partial charge in [-0.05, 0) is 44.4 Å². The lowest BCUT2D eigenvalue weighted by Gasteiger charge is -2.35. The SMILES string of the molecule is O=C(CCN1C(=O)C2CCCCC2C1=O)NC1CCN(CC2CCCCC2)CC1. The van der Waals surface area contributed by atoms with E-state index in [0.717, 1.165) is 57.5 Å². The summed E-state index contributed by atoms with van der Waals surface area (Å²) >= 11 is 0. The second-order valence-electron chi connectivity index (χ2n) is 9.72. The Balaban J connectivity index is 1.16. The Labute approximate surface area is 174 Å². The second-order valence-corrected chi connectivity index (χ2v) is 9.72. The lowest BCUT2D eigenvalue weighted by atomic mass is 9.81. The van der Waals surface area contributed by atoms with Crippen molar-refractivity contribution in [3.8, 4) is 0 Å². The van der Waals surface area contributed by atoms with Gasteiger partial charge in [-0.2, -0.15) is 0 Å². The summed E-state index contributed by atoms with van der Waals surface area (Å²) in [7, 11) is 0. The fourth-order valence-corrected chi connectivity index (χ4v) is 5.96. The molecular weight excluding hydrogens is 366 g/mol. The summed E-state index contributed by atoms with van der Waals surface area (Å²) in [4.78, 5) is 41.4. The molecule has 2 unspecified atom stereocenters. The van der Waals surface area contributed by atoms with Crippen LogP contribution in [0.4, 0.5) is 0 Å². The Morgan fingerprint density at radius 3 is 2.03 bits per heavy atom. The van der Waals surface area contributed by atoms with Gasteiger partial charge >= 0.3 is 0 Å². The zero-order valence-electron chi connectivity index (χ0n) is 17.7. The molecule has 6 heteroatoms. The standard InChI is InChI=1S/C23H37N3O3/c27-21(12-15-26-22(28)19-8-4-5-9-20(19)23(26)29)24-18-10-13-25(14-11-18)16-17-6-2-1-3-7-17/h17-20H,1-16H2,(H,24,27). The van der Waals surface area contributed by atoms with Crippen molar-refractivity contribution in [2.45, 2.75) is 83.1 Å². The number of piperidine rings is 1. The molecular formula is C23H37N3O3. The monoisotopic (exact) mass is 403 g/mol. The zero-order chi connectivity index (χ0) is 20.2. The van der Waals surface area contributed by atoms with E-state index in [1.165, 1.54) is 43.5 Å². The molecule has 1 N–H and O–H groups in total. The van der Waals surface area contributed by atoms with Crippen LogP contribution >= 0.6 is 0 Å². The quantitative estimate of drug-likeness (QED) is 0.693. The number of carbonyl (C=O) groups excluding carboxylic acids is 3. The number of rotatable bonds is 6. The smallest absolute Gasteiger partial charge is 0.233 e. The Morgan fingerprint density at radius 2 is 1.41 bits per heavy atom. The summed E-state index contributed by atoms with van der Waals surface area (Å²) in [5.41, 5.74) is 0. The lowest BCUT2D eigenvalue weighted by molar-refractivity contribution is -0.140. The van der Waals surface area contributed by atoms with E-state index in [0.29, 0.717) is 0 Å². The number of carbonyl (C=O) groups is 3. The first kappa shape index (κ1) is 20.8. The molecule has 2 saturated heterocycles. The van der Waals surface area contributed by atoms with Crippen molar-refractivity contribution in [2.75, 3.05) is 26.2 Å². The minimum Gasteiger partial charge on any atom is -0.353 e. The van der Waals surface area contributed by atoms with Gasteiger partial charge in [0.2, 0.25) is 17.7 Å². The van der Waals surface area contributed by atoms with E-state index in [-0.39, 0.29) is 48.6 Å². The van der Waals surface area contributed by atoms with Gasteiger partial charge in [-0.25, -0.2) is 0 Å². The maximum atomic E-state index is 12.5. The molecule has 0 radical (unpaired) electrons. The average molecular weight is 404 g/mol. The number of imide groups is 1. The van der Waals surface area contributed by atoms with E-state index in [4.69, 9.17) is 0 Å². The largest absolute Gasteiger partial charge is 0.353 e. The van der Waals surface area contributed by atoms with Crippen molar-refractivity contribution in [1.29, 1.82) is 0 Å². The number of fused-ring (bicyclic) bond motifs is 1. The van der Waals surface area contributed by atoms with Crippen molar-refractivity contribution in [2.24, 2.45) is 17.8 Å². The van der Waals surface area contributed by atoms with Crippen LogP contribution in [0, 0.1) is 17.8 Å². The molecule has 0 aromatic heterocycles. The molecule has 162 valence electrons. The third-order valence-corrected chi connectivity index (χ3v) is 7.69. The highest BCUT2D eigenvalue weighted by Crippen LogP contribution is 2.38. The predicted octanol–water partition coefficient (Wildman–Crippen LogP) is 2.71. The molecule has 2 aliphatic heterocycles. The van der Waals surface area contributed by atoms with Crippen LogP contribution in [-0.2, 0) is 14.4 Å².